The van der Waals surface area contributed by atoms with E-state index in [1.165, 1.54) is 18.5 Å². The minimum Gasteiger partial charge on any atom is -0.440 e. The molecule has 1 amide bonds. The molecule has 0 aromatic carbocycles. The van der Waals surface area contributed by atoms with Crippen molar-refractivity contribution in [3.05, 3.63) is 23.2 Å². The molecule has 2 aliphatic rings. The Bertz CT molecular complexity index is 740. The van der Waals surface area contributed by atoms with Crippen LogP contribution in [0.4, 0.5) is 0 Å². The monoisotopic (exact) mass is 314 g/mol. The quantitative estimate of drug-likeness (QED) is 0.854. The second-order valence-electron chi connectivity index (χ2n) is 6.66. The van der Waals surface area contributed by atoms with Crippen LogP contribution in [0, 0.1) is 12.8 Å². The van der Waals surface area contributed by atoms with E-state index in [0.717, 1.165) is 42.8 Å². The van der Waals surface area contributed by atoms with Crippen molar-refractivity contribution >= 4 is 5.91 Å². The van der Waals surface area contributed by atoms with Gasteiger partial charge in [0, 0.05) is 43.7 Å². The SMILES string of the molecule is Cc1cnc(-c2nn(C)c3c2CN(C(=O)C2CCCC2)CC3)o1. The van der Waals surface area contributed by atoms with Crippen LogP contribution in [0.3, 0.4) is 0 Å². The molecule has 1 aliphatic heterocycles. The molecule has 0 N–H and O–H groups in total. The summed E-state index contributed by atoms with van der Waals surface area (Å²) >= 11 is 0. The summed E-state index contributed by atoms with van der Waals surface area (Å²) in [5.74, 6) is 1.86. The Morgan fingerprint density at radius 3 is 2.83 bits per heavy atom. The molecule has 0 radical (unpaired) electrons. The molecule has 6 heteroatoms. The highest BCUT2D eigenvalue weighted by Crippen LogP contribution is 2.32. The summed E-state index contributed by atoms with van der Waals surface area (Å²) in [6, 6.07) is 0. The Morgan fingerprint density at radius 2 is 2.13 bits per heavy atom. The number of fused-ring (bicyclic) bond motifs is 1. The largest absolute Gasteiger partial charge is 0.440 e. The van der Waals surface area contributed by atoms with Gasteiger partial charge in [0.1, 0.15) is 5.76 Å². The Labute approximate surface area is 135 Å². The molecule has 23 heavy (non-hydrogen) atoms. The number of aromatic nitrogens is 3. The van der Waals surface area contributed by atoms with E-state index in [2.05, 4.69) is 10.1 Å². The van der Waals surface area contributed by atoms with E-state index in [-0.39, 0.29) is 5.92 Å². The van der Waals surface area contributed by atoms with Gasteiger partial charge < -0.3 is 9.32 Å². The van der Waals surface area contributed by atoms with Gasteiger partial charge in [0.15, 0.2) is 5.69 Å². The van der Waals surface area contributed by atoms with Crippen LogP contribution in [0.1, 0.15) is 42.7 Å². The van der Waals surface area contributed by atoms with E-state index in [1.54, 1.807) is 6.20 Å². The Balaban J connectivity index is 1.64. The van der Waals surface area contributed by atoms with Crippen molar-refractivity contribution in [3.63, 3.8) is 0 Å². The van der Waals surface area contributed by atoms with Crippen LogP contribution in [-0.4, -0.2) is 32.1 Å². The molecule has 122 valence electrons. The maximum atomic E-state index is 12.7. The Kier molecular flexibility index (Phi) is 3.47. The fourth-order valence-corrected chi connectivity index (χ4v) is 3.85. The fraction of sp³-hybridized carbons (Fsp3) is 0.588. The zero-order valence-corrected chi connectivity index (χ0v) is 13.7. The lowest BCUT2D eigenvalue weighted by atomic mass is 10.0. The summed E-state index contributed by atoms with van der Waals surface area (Å²) in [5.41, 5.74) is 3.05. The maximum Gasteiger partial charge on any atom is 0.247 e. The van der Waals surface area contributed by atoms with Crippen LogP contribution in [-0.2, 0) is 24.8 Å². The van der Waals surface area contributed by atoms with E-state index >= 15 is 0 Å². The molecular weight excluding hydrogens is 292 g/mol. The number of hydrogen-bond donors (Lipinski definition) is 0. The van der Waals surface area contributed by atoms with Gasteiger partial charge in [0.05, 0.1) is 6.20 Å². The third-order valence-corrected chi connectivity index (χ3v) is 5.08. The summed E-state index contributed by atoms with van der Waals surface area (Å²) < 4.78 is 7.56. The van der Waals surface area contributed by atoms with Crippen molar-refractivity contribution in [2.24, 2.45) is 13.0 Å². The number of aryl methyl sites for hydroxylation is 2. The molecule has 6 nitrogen and oxygen atoms in total. The normalized spacial score (nSPS) is 18.4. The molecule has 2 aromatic heterocycles. The number of carbonyl (C=O) groups is 1. The molecule has 0 saturated heterocycles. The highest BCUT2D eigenvalue weighted by molar-refractivity contribution is 5.79. The average molecular weight is 314 g/mol. The lowest BCUT2D eigenvalue weighted by molar-refractivity contribution is -0.136. The highest BCUT2D eigenvalue weighted by Gasteiger charge is 2.32. The van der Waals surface area contributed by atoms with Crippen LogP contribution in [0.5, 0.6) is 0 Å². The maximum absolute atomic E-state index is 12.7. The lowest BCUT2D eigenvalue weighted by Crippen LogP contribution is -2.39. The van der Waals surface area contributed by atoms with Crippen LogP contribution >= 0.6 is 0 Å². The van der Waals surface area contributed by atoms with E-state index in [0.29, 0.717) is 18.3 Å². The summed E-state index contributed by atoms with van der Waals surface area (Å²) in [4.78, 5) is 19.0. The van der Waals surface area contributed by atoms with Crippen LogP contribution < -0.4 is 0 Å². The molecule has 0 atom stereocenters. The number of amides is 1. The Hall–Kier alpha value is -2.11. The predicted molar refractivity (Wildman–Crippen MR) is 84.5 cm³/mol. The number of nitrogens with zero attached hydrogens (tertiary/aromatic N) is 4. The number of rotatable bonds is 2. The highest BCUT2D eigenvalue weighted by atomic mass is 16.4. The molecule has 3 heterocycles. The Morgan fingerprint density at radius 1 is 1.35 bits per heavy atom. The van der Waals surface area contributed by atoms with Crippen LogP contribution in [0.25, 0.3) is 11.6 Å². The van der Waals surface area contributed by atoms with Crippen LogP contribution in [0.15, 0.2) is 10.6 Å². The fourth-order valence-electron chi connectivity index (χ4n) is 3.85. The molecule has 4 rings (SSSR count). The molecule has 2 aromatic rings. The average Bonchev–Trinajstić information content (AvgIpc) is 3.27. The van der Waals surface area contributed by atoms with Crippen LogP contribution in [0.2, 0.25) is 0 Å². The molecule has 0 unspecified atom stereocenters. The second-order valence-corrected chi connectivity index (χ2v) is 6.66. The summed E-state index contributed by atoms with van der Waals surface area (Å²) in [6.45, 7) is 3.28. The van der Waals surface area contributed by atoms with Crippen molar-refractivity contribution in [1.29, 1.82) is 0 Å². The lowest BCUT2D eigenvalue weighted by Gasteiger charge is -2.29. The van der Waals surface area contributed by atoms with E-state index < -0.39 is 0 Å². The minimum atomic E-state index is 0.223. The first-order chi connectivity index (χ1) is 11.1. The van der Waals surface area contributed by atoms with Gasteiger partial charge >= 0.3 is 0 Å². The number of oxazole rings is 1. The zero-order chi connectivity index (χ0) is 16.0. The first-order valence-electron chi connectivity index (χ1n) is 8.40. The van der Waals surface area contributed by atoms with Crippen molar-refractivity contribution < 1.29 is 9.21 Å². The molecule has 1 saturated carbocycles. The summed E-state index contributed by atoms with van der Waals surface area (Å²) in [5, 5.41) is 4.59. The van der Waals surface area contributed by atoms with Crippen molar-refractivity contribution in [3.8, 4) is 11.6 Å². The number of carbonyl (C=O) groups excluding carboxylic acids is 1. The third-order valence-electron chi connectivity index (χ3n) is 5.08. The van der Waals surface area contributed by atoms with Gasteiger partial charge in [-0.25, -0.2) is 4.98 Å². The predicted octanol–water partition coefficient (Wildman–Crippen LogP) is 2.46. The molecule has 0 bridgehead atoms. The minimum absolute atomic E-state index is 0.223. The standard InChI is InChI=1S/C17H22N4O2/c1-11-9-18-16(23-11)15-13-10-21(8-7-14(13)20(2)19-15)17(22)12-5-3-4-6-12/h9,12H,3-8,10H2,1-2H3. The van der Waals surface area contributed by atoms with Gasteiger partial charge in [-0.1, -0.05) is 12.8 Å². The third kappa shape index (κ3) is 2.46. The van der Waals surface area contributed by atoms with Crippen molar-refractivity contribution in [2.45, 2.75) is 45.6 Å². The first-order valence-corrected chi connectivity index (χ1v) is 8.40. The van der Waals surface area contributed by atoms with E-state index in [4.69, 9.17) is 4.42 Å². The van der Waals surface area contributed by atoms with Crippen molar-refractivity contribution in [2.75, 3.05) is 6.54 Å². The molecular formula is C17H22N4O2. The van der Waals surface area contributed by atoms with Gasteiger partial charge in [0.25, 0.3) is 0 Å². The van der Waals surface area contributed by atoms with E-state index in [1.807, 2.05) is 23.6 Å². The van der Waals surface area contributed by atoms with Crippen molar-refractivity contribution in [1.82, 2.24) is 19.7 Å². The summed E-state index contributed by atoms with van der Waals surface area (Å²) in [6.07, 6.45) is 7.01. The van der Waals surface area contributed by atoms with E-state index in [9.17, 15) is 4.79 Å². The number of hydrogen-bond acceptors (Lipinski definition) is 4. The molecule has 0 spiro atoms. The second kappa shape index (κ2) is 5.51. The van der Waals surface area contributed by atoms with Gasteiger partial charge in [-0.05, 0) is 19.8 Å². The van der Waals surface area contributed by atoms with Gasteiger partial charge in [-0.3, -0.25) is 9.48 Å². The smallest absolute Gasteiger partial charge is 0.247 e. The molecule has 1 fully saturated rings. The van der Waals surface area contributed by atoms with Gasteiger partial charge in [-0.2, -0.15) is 5.10 Å². The topological polar surface area (TPSA) is 64.2 Å². The van der Waals surface area contributed by atoms with Gasteiger partial charge in [-0.15, -0.1) is 0 Å². The molecule has 1 aliphatic carbocycles. The first kappa shape index (κ1) is 14.5. The van der Waals surface area contributed by atoms with Gasteiger partial charge in [0.2, 0.25) is 11.8 Å². The zero-order valence-electron chi connectivity index (χ0n) is 13.7. The summed E-state index contributed by atoms with van der Waals surface area (Å²) in [7, 11) is 1.95.